The van der Waals surface area contributed by atoms with Crippen LogP contribution in [-0.2, 0) is 4.79 Å². The van der Waals surface area contributed by atoms with E-state index >= 15 is 0 Å². The molecular formula is C11H8BrClN2O. The van der Waals surface area contributed by atoms with Crippen LogP contribution in [0.5, 0.6) is 0 Å². The average Bonchev–Trinajstić information content (AvgIpc) is 2.64. The van der Waals surface area contributed by atoms with Crippen LogP contribution in [0.3, 0.4) is 0 Å². The van der Waals surface area contributed by atoms with Gasteiger partial charge in [0, 0.05) is 31.1 Å². The van der Waals surface area contributed by atoms with Crippen LogP contribution in [0.2, 0.25) is 5.02 Å². The summed E-state index contributed by atoms with van der Waals surface area (Å²) in [6, 6.07) is 1.66. The molecule has 5 heteroatoms. The number of terminal acetylenes is 1. The number of aromatic nitrogens is 1. The maximum absolute atomic E-state index is 11.7. The van der Waals surface area contributed by atoms with Gasteiger partial charge in [0.2, 0.25) is 5.91 Å². The number of carbonyl (C=O) groups is 1. The Morgan fingerprint density at radius 1 is 1.69 bits per heavy atom. The van der Waals surface area contributed by atoms with Crippen LogP contribution in [0.25, 0.3) is 0 Å². The van der Waals surface area contributed by atoms with E-state index in [-0.39, 0.29) is 11.8 Å². The van der Waals surface area contributed by atoms with Crippen molar-refractivity contribution in [1.82, 2.24) is 4.98 Å². The van der Waals surface area contributed by atoms with E-state index < -0.39 is 0 Å². The predicted molar refractivity (Wildman–Crippen MR) is 66.2 cm³/mol. The predicted octanol–water partition coefficient (Wildman–Crippen LogP) is 2.48. The fraction of sp³-hybridized carbons (Fsp3) is 0.273. The molecule has 16 heavy (non-hydrogen) atoms. The third kappa shape index (κ3) is 2.06. The van der Waals surface area contributed by atoms with Gasteiger partial charge in [0.1, 0.15) is 5.82 Å². The van der Waals surface area contributed by atoms with Gasteiger partial charge in [-0.15, -0.1) is 12.3 Å². The van der Waals surface area contributed by atoms with E-state index in [0.717, 1.165) is 0 Å². The highest BCUT2D eigenvalue weighted by atomic mass is 79.9. The number of nitrogens with zero attached hydrogens (tertiary/aromatic N) is 2. The summed E-state index contributed by atoms with van der Waals surface area (Å²) in [5.41, 5.74) is 0. The van der Waals surface area contributed by atoms with Gasteiger partial charge in [-0.3, -0.25) is 9.69 Å². The van der Waals surface area contributed by atoms with Crippen LogP contribution in [0.1, 0.15) is 6.42 Å². The van der Waals surface area contributed by atoms with Gasteiger partial charge in [-0.1, -0.05) is 11.6 Å². The molecule has 0 aliphatic carbocycles. The highest BCUT2D eigenvalue weighted by Crippen LogP contribution is 2.28. The fourth-order valence-electron chi connectivity index (χ4n) is 1.59. The summed E-state index contributed by atoms with van der Waals surface area (Å²) in [6.45, 7) is 0.514. The minimum absolute atomic E-state index is 0.00570. The highest BCUT2D eigenvalue weighted by Gasteiger charge is 2.30. The van der Waals surface area contributed by atoms with E-state index in [9.17, 15) is 4.79 Å². The van der Waals surface area contributed by atoms with Gasteiger partial charge in [-0.2, -0.15) is 0 Å². The lowest BCUT2D eigenvalue weighted by atomic mass is 10.1. The Morgan fingerprint density at radius 2 is 2.44 bits per heavy atom. The zero-order valence-corrected chi connectivity index (χ0v) is 10.6. The van der Waals surface area contributed by atoms with Crippen molar-refractivity contribution in [3.8, 4) is 12.3 Å². The van der Waals surface area contributed by atoms with Crippen molar-refractivity contribution in [2.24, 2.45) is 5.92 Å². The summed E-state index contributed by atoms with van der Waals surface area (Å²) in [4.78, 5) is 17.4. The summed E-state index contributed by atoms with van der Waals surface area (Å²) in [7, 11) is 0. The van der Waals surface area contributed by atoms with Crippen LogP contribution >= 0.6 is 27.5 Å². The van der Waals surface area contributed by atoms with Gasteiger partial charge in [0.05, 0.1) is 9.50 Å². The molecule has 0 radical (unpaired) electrons. The molecule has 0 N–H and O–H groups in total. The van der Waals surface area contributed by atoms with Crippen molar-refractivity contribution in [2.45, 2.75) is 6.42 Å². The first kappa shape index (κ1) is 11.4. The van der Waals surface area contributed by atoms with Crippen LogP contribution in [0.4, 0.5) is 5.82 Å². The number of rotatable bonds is 1. The largest absolute Gasteiger partial charge is 0.295 e. The van der Waals surface area contributed by atoms with Crippen molar-refractivity contribution in [3.05, 3.63) is 21.8 Å². The number of anilines is 1. The van der Waals surface area contributed by atoms with Gasteiger partial charge in [0.15, 0.2) is 0 Å². The van der Waals surface area contributed by atoms with Crippen molar-refractivity contribution < 1.29 is 4.79 Å². The summed E-state index contributed by atoms with van der Waals surface area (Å²) >= 11 is 9.19. The average molecular weight is 300 g/mol. The number of hydrogen-bond donors (Lipinski definition) is 0. The number of pyridine rings is 1. The molecule has 0 saturated carbocycles. The molecular weight excluding hydrogens is 291 g/mol. The Balaban J connectivity index is 2.29. The summed E-state index contributed by atoms with van der Waals surface area (Å²) in [5, 5.41) is 0.530. The first-order valence-electron chi connectivity index (χ1n) is 4.69. The van der Waals surface area contributed by atoms with Crippen LogP contribution < -0.4 is 4.90 Å². The molecule has 0 spiro atoms. The molecule has 0 bridgehead atoms. The molecule has 1 aromatic rings. The molecule has 1 unspecified atom stereocenters. The van der Waals surface area contributed by atoms with E-state index in [4.69, 9.17) is 18.0 Å². The third-order valence-electron chi connectivity index (χ3n) is 2.43. The molecule has 1 saturated heterocycles. The SMILES string of the molecule is C#CC1CC(=O)N(c2cc(Cl)c(Br)cn2)C1. The molecule has 1 aliphatic rings. The fourth-order valence-corrected chi connectivity index (χ4v) is 1.96. The second-order valence-corrected chi connectivity index (χ2v) is 4.79. The zero-order valence-electron chi connectivity index (χ0n) is 8.28. The third-order valence-corrected chi connectivity index (χ3v) is 3.60. The Hall–Kier alpha value is -1.05. The molecule has 2 heterocycles. The number of amides is 1. The van der Waals surface area contributed by atoms with Crippen molar-refractivity contribution in [3.63, 3.8) is 0 Å². The van der Waals surface area contributed by atoms with Gasteiger partial charge in [0.25, 0.3) is 0 Å². The van der Waals surface area contributed by atoms with Crippen molar-refractivity contribution in [2.75, 3.05) is 11.4 Å². The summed E-state index contributed by atoms with van der Waals surface area (Å²) in [5.74, 6) is 3.10. The maximum atomic E-state index is 11.7. The molecule has 1 fully saturated rings. The van der Waals surface area contributed by atoms with E-state index in [2.05, 4.69) is 26.8 Å². The highest BCUT2D eigenvalue weighted by molar-refractivity contribution is 9.10. The van der Waals surface area contributed by atoms with Crippen LogP contribution in [0.15, 0.2) is 16.7 Å². The lowest BCUT2D eigenvalue weighted by molar-refractivity contribution is -0.117. The van der Waals surface area contributed by atoms with Crippen molar-refractivity contribution in [1.29, 1.82) is 0 Å². The lowest BCUT2D eigenvalue weighted by Crippen LogP contribution is -2.25. The standard InChI is InChI=1S/C11H8BrClN2O/c1-2-7-3-11(16)15(6-7)10-4-9(13)8(12)5-14-10/h1,4-5,7H,3,6H2. The van der Waals surface area contributed by atoms with Gasteiger partial charge >= 0.3 is 0 Å². The Bertz CT molecular complexity index is 483. The van der Waals surface area contributed by atoms with E-state index in [1.165, 1.54) is 0 Å². The quantitative estimate of drug-likeness (QED) is 0.747. The molecule has 3 nitrogen and oxygen atoms in total. The normalized spacial score (nSPS) is 19.9. The van der Waals surface area contributed by atoms with E-state index in [1.807, 2.05) is 0 Å². The first-order valence-corrected chi connectivity index (χ1v) is 5.86. The Labute approximate surface area is 107 Å². The number of halogens is 2. The smallest absolute Gasteiger partial charge is 0.229 e. The van der Waals surface area contributed by atoms with Crippen LogP contribution in [-0.4, -0.2) is 17.4 Å². The number of carbonyl (C=O) groups excluding carboxylic acids is 1. The topological polar surface area (TPSA) is 33.2 Å². The first-order chi connectivity index (χ1) is 7.61. The molecule has 2 rings (SSSR count). The molecule has 0 aromatic carbocycles. The summed E-state index contributed by atoms with van der Waals surface area (Å²) in [6.07, 6.45) is 7.27. The van der Waals surface area contributed by atoms with Gasteiger partial charge < -0.3 is 0 Å². The summed E-state index contributed by atoms with van der Waals surface area (Å²) < 4.78 is 0.707. The van der Waals surface area contributed by atoms with E-state index in [0.29, 0.717) is 28.3 Å². The molecule has 82 valence electrons. The molecule has 1 amide bonds. The molecule has 1 aliphatic heterocycles. The lowest BCUT2D eigenvalue weighted by Gasteiger charge is -2.14. The Morgan fingerprint density at radius 3 is 3.00 bits per heavy atom. The maximum Gasteiger partial charge on any atom is 0.229 e. The van der Waals surface area contributed by atoms with Gasteiger partial charge in [-0.25, -0.2) is 4.98 Å². The zero-order chi connectivity index (χ0) is 11.7. The van der Waals surface area contributed by atoms with Crippen molar-refractivity contribution >= 4 is 39.3 Å². The minimum Gasteiger partial charge on any atom is -0.295 e. The second-order valence-electron chi connectivity index (χ2n) is 3.53. The second kappa shape index (κ2) is 4.44. The number of hydrogen-bond acceptors (Lipinski definition) is 2. The molecule has 1 atom stereocenters. The Kier molecular flexibility index (Phi) is 3.17. The van der Waals surface area contributed by atoms with Gasteiger partial charge in [-0.05, 0) is 15.9 Å². The van der Waals surface area contributed by atoms with Crippen LogP contribution in [0, 0.1) is 18.3 Å². The molecule has 1 aromatic heterocycles. The minimum atomic E-state index is -0.0308. The monoisotopic (exact) mass is 298 g/mol. The van der Waals surface area contributed by atoms with E-state index in [1.54, 1.807) is 17.2 Å².